The fraction of sp³-hybridized carbons (Fsp3) is 0.500. The van der Waals surface area contributed by atoms with Gasteiger partial charge in [0.15, 0.2) is 0 Å². The van der Waals surface area contributed by atoms with E-state index < -0.39 is 0 Å². The minimum absolute atomic E-state index is 0.697. The van der Waals surface area contributed by atoms with E-state index in [0.29, 0.717) is 11.6 Å². The maximum absolute atomic E-state index is 6.07. The van der Waals surface area contributed by atoms with Crippen LogP contribution in [0, 0.1) is 13.8 Å². The third-order valence-corrected chi connectivity index (χ3v) is 2.74. The number of aryl methyl sites for hydroxylation is 1. The fourth-order valence-corrected chi connectivity index (χ4v) is 1.62. The quantitative estimate of drug-likeness (QED) is 0.781. The molecule has 0 amide bonds. The van der Waals surface area contributed by atoms with Crippen molar-refractivity contribution >= 4 is 11.6 Å². The topological polar surface area (TPSA) is 21.3 Å². The van der Waals surface area contributed by atoms with Crippen LogP contribution in [0.25, 0.3) is 0 Å². The largest absolute Gasteiger partial charge is 0.492 e. The van der Waals surface area contributed by atoms with Gasteiger partial charge in [-0.05, 0) is 51.1 Å². The van der Waals surface area contributed by atoms with Crippen LogP contribution >= 0.6 is 11.6 Å². The first kappa shape index (κ1) is 12.3. The summed E-state index contributed by atoms with van der Waals surface area (Å²) in [5, 5.41) is 3.78. The zero-order valence-electron chi connectivity index (χ0n) is 9.56. The molecule has 0 aliphatic carbocycles. The lowest BCUT2D eigenvalue weighted by molar-refractivity contribution is 0.308. The van der Waals surface area contributed by atoms with Crippen LogP contribution in [0.5, 0.6) is 5.75 Å². The van der Waals surface area contributed by atoms with Crippen LogP contribution in [0.4, 0.5) is 0 Å². The highest BCUT2D eigenvalue weighted by molar-refractivity contribution is 6.32. The number of nitrogens with one attached hydrogen (secondary N) is 1. The number of ether oxygens (including phenoxy) is 1. The van der Waals surface area contributed by atoms with Crippen molar-refractivity contribution in [2.24, 2.45) is 0 Å². The summed E-state index contributed by atoms with van der Waals surface area (Å²) in [6, 6.07) is 3.90. The van der Waals surface area contributed by atoms with Gasteiger partial charge in [0.1, 0.15) is 5.75 Å². The number of halogens is 1. The van der Waals surface area contributed by atoms with Gasteiger partial charge < -0.3 is 10.1 Å². The molecule has 0 unspecified atom stereocenters. The second kappa shape index (κ2) is 5.99. The molecule has 15 heavy (non-hydrogen) atoms. The van der Waals surface area contributed by atoms with Crippen molar-refractivity contribution in [1.82, 2.24) is 5.32 Å². The Morgan fingerprint density at radius 3 is 2.73 bits per heavy atom. The predicted octanol–water partition coefficient (Wildman–Crippen LogP) is 2.95. The molecule has 84 valence electrons. The lowest BCUT2D eigenvalue weighted by Gasteiger charge is -2.12. The Bertz CT molecular complexity index is 326. The normalized spacial score (nSPS) is 10.4. The SMILES string of the molecule is CNCCCOc1c(Cl)ccc(C)c1C. The Hall–Kier alpha value is -0.730. The Labute approximate surface area is 96.6 Å². The van der Waals surface area contributed by atoms with Gasteiger partial charge in [0.05, 0.1) is 11.6 Å². The highest BCUT2D eigenvalue weighted by atomic mass is 35.5. The summed E-state index contributed by atoms with van der Waals surface area (Å²) in [6.45, 7) is 5.76. The summed E-state index contributed by atoms with van der Waals surface area (Å²) < 4.78 is 5.68. The van der Waals surface area contributed by atoms with Gasteiger partial charge in [-0.1, -0.05) is 17.7 Å². The van der Waals surface area contributed by atoms with E-state index in [9.17, 15) is 0 Å². The molecule has 1 aromatic carbocycles. The van der Waals surface area contributed by atoms with Crippen LogP contribution in [-0.2, 0) is 0 Å². The van der Waals surface area contributed by atoms with E-state index >= 15 is 0 Å². The second-order valence-electron chi connectivity index (χ2n) is 3.62. The summed E-state index contributed by atoms with van der Waals surface area (Å²) >= 11 is 6.07. The molecule has 0 bridgehead atoms. The van der Waals surface area contributed by atoms with Crippen LogP contribution in [0.3, 0.4) is 0 Å². The van der Waals surface area contributed by atoms with Crippen LogP contribution in [-0.4, -0.2) is 20.2 Å². The highest BCUT2D eigenvalue weighted by Gasteiger charge is 2.07. The Morgan fingerprint density at radius 1 is 1.33 bits per heavy atom. The van der Waals surface area contributed by atoms with Crippen molar-refractivity contribution in [3.8, 4) is 5.75 Å². The Kier molecular flexibility index (Phi) is 4.92. The fourth-order valence-electron chi connectivity index (χ4n) is 1.36. The van der Waals surface area contributed by atoms with E-state index in [-0.39, 0.29) is 0 Å². The van der Waals surface area contributed by atoms with Crippen molar-refractivity contribution in [3.63, 3.8) is 0 Å². The van der Waals surface area contributed by atoms with Crippen molar-refractivity contribution in [1.29, 1.82) is 0 Å². The Balaban J connectivity index is 2.63. The molecular weight excluding hydrogens is 210 g/mol. The first-order valence-corrected chi connectivity index (χ1v) is 5.57. The summed E-state index contributed by atoms with van der Waals surface area (Å²) in [5.74, 6) is 0.827. The number of hydrogen-bond acceptors (Lipinski definition) is 2. The molecule has 1 aromatic rings. The number of rotatable bonds is 5. The zero-order chi connectivity index (χ0) is 11.3. The van der Waals surface area contributed by atoms with E-state index in [1.54, 1.807) is 0 Å². The molecule has 0 saturated carbocycles. The van der Waals surface area contributed by atoms with Crippen LogP contribution in [0.1, 0.15) is 17.5 Å². The van der Waals surface area contributed by atoms with Crippen LogP contribution in [0.2, 0.25) is 5.02 Å². The number of hydrogen-bond donors (Lipinski definition) is 1. The van der Waals surface area contributed by atoms with Crippen molar-refractivity contribution < 1.29 is 4.74 Å². The minimum Gasteiger partial charge on any atom is -0.492 e. The first-order chi connectivity index (χ1) is 7.16. The van der Waals surface area contributed by atoms with Gasteiger partial charge in [-0.15, -0.1) is 0 Å². The molecular formula is C12H18ClNO. The van der Waals surface area contributed by atoms with E-state index in [1.165, 1.54) is 5.56 Å². The first-order valence-electron chi connectivity index (χ1n) is 5.20. The van der Waals surface area contributed by atoms with Crippen molar-refractivity contribution in [2.45, 2.75) is 20.3 Å². The smallest absolute Gasteiger partial charge is 0.141 e. The molecule has 0 spiro atoms. The average Bonchev–Trinajstić information content (AvgIpc) is 2.23. The molecule has 0 heterocycles. The third-order valence-electron chi connectivity index (χ3n) is 2.45. The summed E-state index contributed by atoms with van der Waals surface area (Å²) in [6.07, 6.45) is 0.986. The van der Waals surface area contributed by atoms with E-state index in [1.807, 2.05) is 26.1 Å². The maximum Gasteiger partial charge on any atom is 0.141 e. The van der Waals surface area contributed by atoms with E-state index in [4.69, 9.17) is 16.3 Å². The summed E-state index contributed by atoms with van der Waals surface area (Å²) in [4.78, 5) is 0. The molecule has 1 N–H and O–H groups in total. The molecule has 0 saturated heterocycles. The van der Waals surface area contributed by atoms with E-state index in [2.05, 4.69) is 12.2 Å². The lowest BCUT2D eigenvalue weighted by atomic mass is 10.1. The van der Waals surface area contributed by atoms with Gasteiger partial charge in [-0.3, -0.25) is 0 Å². The molecule has 3 heteroatoms. The molecule has 0 aliphatic heterocycles. The van der Waals surface area contributed by atoms with E-state index in [0.717, 1.165) is 24.3 Å². The van der Waals surface area contributed by atoms with Crippen molar-refractivity contribution in [2.75, 3.05) is 20.2 Å². The zero-order valence-corrected chi connectivity index (χ0v) is 10.3. The van der Waals surface area contributed by atoms with Crippen LogP contribution in [0.15, 0.2) is 12.1 Å². The Morgan fingerprint density at radius 2 is 2.07 bits per heavy atom. The standard InChI is InChI=1S/C12H18ClNO/c1-9-5-6-11(13)12(10(9)2)15-8-4-7-14-3/h5-6,14H,4,7-8H2,1-3H3. The van der Waals surface area contributed by atoms with Gasteiger partial charge in [0, 0.05) is 0 Å². The van der Waals surface area contributed by atoms with Crippen molar-refractivity contribution in [3.05, 3.63) is 28.3 Å². The predicted molar refractivity (Wildman–Crippen MR) is 65.0 cm³/mol. The maximum atomic E-state index is 6.07. The average molecular weight is 228 g/mol. The summed E-state index contributed by atoms with van der Waals surface area (Å²) in [7, 11) is 1.94. The molecule has 0 atom stereocenters. The number of benzene rings is 1. The molecule has 0 aliphatic rings. The van der Waals surface area contributed by atoms with Crippen LogP contribution < -0.4 is 10.1 Å². The lowest BCUT2D eigenvalue weighted by Crippen LogP contribution is -2.12. The monoisotopic (exact) mass is 227 g/mol. The molecule has 0 radical (unpaired) electrons. The van der Waals surface area contributed by atoms with Gasteiger partial charge >= 0.3 is 0 Å². The second-order valence-corrected chi connectivity index (χ2v) is 4.03. The third kappa shape index (κ3) is 3.40. The molecule has 0 fully saturated rings. The molecule has 2 nitrogen and oxygen atoms in total. The molecule has 1 rings (SSSR count). The molecule has 0 aromatic heterocycles. The van der Waals surface area contributed by atoms with Gasteiger partial charge in [0.25, 0.3) is 0 Å². The van der Waals surface area contributed by atoms with Gasteiger partial charge in [-0.25, -0.2) is 0 Å². The van der Waals surface area contributed by atoms with Gasteiger partial charge in [0.2, 0.25) is 0 Å². The summed E-state index contributed by atoms with van der Waals surface area (Å²) in [5.41, 5.74) is 2.34. The minimum atomic E-state index is 0.697. The highest BCUT2D eigenvalue weighted by Crippen LogP contribution is 2.30. The van der Waals surface area contributed by atoms with Gasteiger partial charge in [-0.2, -0.15) is 0 Å².